The van der Waals surface area contributed by atoms with E-state index >= 15 is 4.39 Å². The number of H-pyrrole nitrogens is 1. The molecule has 1 aromatic heterocycles. The molecule has 1 aromatic rings. The predicted octanol–water partition coefficient (Wildman–Crippen LogP) is -0.669. The average Bonchev–Trinajstić information content (AvgIpc) is 2.89. The summed E-state index contributed by atoms with van der Waals surface area (Å²) >= 11 is 0. The molecule has 0 aliphatic carbocycles. The summed E-state index contributed by atoms with van der Waals surface area (Å²) in [6.45, 7) is -0.191. The summed E-state index contributed by atoms with van der Waals surface area (Å²) in [5.74, 6) is -5.16. The Kier molecular flexibility index (Phi) is 8.37. The molecule has 1 saturated heterocycles. The first-order chi connectivity index (χ1) is 15.8. The Bertz CT molecular complexity index is 1270. The van der Waals surface area contributed by atoms with Crippen LogP contribution in [0.25, 0.3) is 0 Å². The molecule has 198 valence electrons. The number of hydrogen-bond acceptors (Lipinski definition) is 11. The van der Waals surface area contributed by atoms with Crippen molar-refractivity contribution in [3.63, 3.8) is 0 Å². The summed E-state index contributed by atoms with van der Waals surface area (Å²) < 4.78 is 84.9. The van der Waals surface area contributed by atoms with E-state index in [4.69, 9.17) is 20.9 Å². The third-order valence-electron chi connectivity index (χ3n) is 4.43. The van der Waals surface area contributed by atoms with Crippen LogP contribution in [-0.2, 0) is 36.3 Å². The molecular weight excluding hydrogens is 555 g/mol. The van der Waals surface area contributed by atoms with Gasteiger partial charge in [0.05, 0.1) is 12.8 Å². The molecule has 22 heteroatoms. The number of hydrogen-bond donors (Lipinski definition) is 6. The van der Waals surface area contributed by atoms with Gasteiger partial charge >= 0.3 is 35.0 Å². The molecule has 2 heterocycles. The SMILES string of the molecule is C#COC1(F)C(n2cc(F)c(=O)[nH]c2=O)OC(CC)(COP(=O)(O)OP(=O)(O)OP(=O)(O)O)C1O. The molecule has 0 bridgehead atoms. The van der Waals surface area contributed by atoms with E-state index in [0.29, 0.717) is 0 Å². The molecule has 35 heavy (non-hydrogen) atoms. The second-order valence-corrected chi connectivity index (χ2v) is 11.1. The molecule has 6 atom stereocenters. The fraction of sp³-hybridized carbons (Fsp3) is 0.538. The Morgan fingerprint density at radius 1 is 1.23 bits per heavy atom. The second-order valence-electron chi connectivity index (χ2n) is 6.72. The van der Waals surface area contributed by atoms with Crippen LogP contribution in [0.2, 0.25) is 0 Å². The number of nitrogens with zero attached hydrogens (tertiary/aromatic N) is 1. The Labute approximate surface area is 192 Å². The van der Waals surface area contributed by atoms with Crippen molar-refractivity contribution in [3.8, 4) is 12.5 Å². The van der Waals surface area contributed by atoms with Crippen molar-refractivity contribution in [2.24, 2.45) is 0 Å². The highest BCUT2D eigenvalue weighted by Crippen LogP contribution is 2.66. The van der Waals surface area contributed by atoms with Gasteiger partial charge in [-0.05, 0) is 6.42 Å². The molecule has 0 amide bonds. The minimum atomic E-state index is -5.91. The molecule has 0 saturated carbocycles. The molecule has 6 unspecified atom stereocenters. The lowest BCUT2D eigenvalue weighted by Crippen LogP contribution is -2.52. The van der Waals surface area contributed by atoms with Gasteiger partial charge < -0.3 is 34.2 Å². The van der Waals surface area contributed by atoms with E-state index in [-0.39, 0.29) is 10.8 Å². The summed E-state index contributed by atoms with van der Waals surface area (Å²) in [6, 6.07) is 0. The monoisotopic (exact) mass is 572 g/mol. The fourth-order valence-electron chi connectivity index (χ4n) is 2.92. The Balaban J connectivity index is 2.42. The van der Waals surface area contributed by atoms with Crippen LogP contribution in [0.15, 0.2) is 15.8 Å². The number of nitrogens with one attached hydrogen (secondary N) is 1. The molecule has 1 fully saturated rings. The van der Waals surface area contributed by atoms with Gasteiger partial charge in [-0.3, -0.25) is 18.9 Å². The van der Waals surface area contributed by atoms with Gasteiger partial charge in [-0.25, -0.2) is 18.5 Å². The minimum absolute atomic E-state index is 0.111. The number of terminal acetylenes is 1. The standard InChI is InChI=1S/C13H17F2N2O15P3/c1-3-12(6-29-34(24,25)32-35(26,27)31-33(21,22)23)9(19)13(15,28-4-2)10(30-12)17-5-7(14)8(18)16-11(17)20/h2,5,9-10,19H,3,6H2,1H3,(H,24,25)(H,26,27)(H,16,18,20)(H2,21,22,23). The number of aromatic nitrogens is 2. The highest BCUT2D eigenvalue weighted by Gasteiger charge is 2.68. The molecule has 0 aromatic carbocycles. The van der Waals surface area contributed by atoms with E-state index in [1.165, 1.54) is 18.0 Å². The van der Waals surface area contributed by atoms with Gasteiger partial charge in [0, 0.05) is 0 Å². The highest BCUT2D eigenvalue weighted by atomic mass is 31.3. The van der Waals surface area contributed by atoms with Gasteiger partial charge in [0.2, 0.25) is 12.0 Å². The maximum absolute atomic E-state index is 15.7. The molecule has 1 aliphatic heterocycles. The third-order valence-corrected chi connectivity index (χ3v) is 8.22. The van der Waals surface area contributed by atoms with Crippen LogP contribution in [0.4, 0.5) is 8.78 Å². The lowest BCUT2D eigenvalue weighted by Gasteiger charge is -2.31. The zero-order chi connectivity index (χ0) is 27.0. The first-order valence-corrected chi connectivity index (χ1v) is 13.3. The van der Waals surface area contributed by atoms with E-state index in [9.17, 15) is 42.6 Å². The Morgan fingerprint density at radius 2 is 1.83 bits per heavy atom. The van der Waals surface area contributed by atoms with Crippen molar-refractivity contribution in [1.82, 2.24) is 9.55 Å². The van der Waals surface area contributed by atoms with Crippen LogP contribution in [0.5, 0.6) is 0 Å². The van der Waals surface area contributed by atoms with E-state index in [1.807, 2.05) is 0 Å². The summed E-state index contributed by atoms with van der Waals surface area (Å²) in [4.78, 5) is 60.8. The lowest BCUT2D eigenvalue weighted by molar-refractivity contribution is -0.194. The third kappa shape index (κ3) is 6.52. The summed E-state index contributed by atoms with van der Waals surface area (Å²) in [7, 11) is -17.4. The van der Waals surface area contributed by atoms with Crippen molar-refractivity contribution < 1.29 is 69.8 Å². The van der Waals surface area contributed by atoms with Crippen molar-refractivity contribution in [2.45, 2.75) is 37.1 Å². The lowest BCUT2D eigenvalue weighted by atomic mass is 9.92. The van der Waals surface area contributed by atoms with Crippen molar-refractivity contribution >= 4 is 23.5 Å². The molecule has 17 nitrogen and oxygen atoms in total. The minimum Gasteiger partial charge on any atom is -0.400 e. The van der Waals surface area contributed by atoms with Gasteiger partial charge in [0.25, 0.3) is 5.56 Å². The zero-order valence-corrected chi connectivity index (χ0v) is 19.8. The largest absolute Gasteiger partial charge is 0.490 e. The van der Waals surface area contributed by atoms with Crippen molar-refractivity contribution in [3.05, 3.63) is 32.9 Å². The van der Waals surface area contributed by atoms with Gasteiger partial charge in [0.1, 0.15) is 11.7 Å². The van der Waals surface area contributed by atoms with E-state index in [1.54, 1.807) is 0 Å². The molecule has 2 rings (SSSR count). The maximum Gasteiger partial charge on any atom is 0.490 e. The molecule has 0 radical (unpaired) electrons. The van der Waals surface area contributed by atoms with Gasteiger partial charge in [-0.15, -0.1) is 0 Å². The second kappa shape index (κ2) is 9.94. The number of aliphatic hydroxyl groups is 1. The smallest absolute Gasteiger partial charge is 0.400 e. The average molecular weight is 572 g/mol. The Morgan fingerprint density at radius 3 is 2.34 bits per heavy atom. The number of rotatable bonds is 10. The van der Waals surface area contributed by atoms with Crippen molar-refractivity contribution in [1.29, 1.82) is 0 Å². The first-order valence-electron chi connectivity index (χ1n) is 8.79. The number of aromatic amines is 1. The molecule has 1 aliphatic rings. The number of alkyl halides is 1. The normalized spacial score (nSPS) is 30.3. The van der Waals surface area contributed by atoms with Crippen LogP contribution in [0.1, 0.15) is 19.6 Å². The molecular formula is C13H17F2N2O15P3. The molecule has 6 N–H and O–H groups in total. The van der Waals surface area contributed by atoms with Crippen LogP contribution in [0, 0.1) is 18.3 Å². The topological polar surface area (TPSA) is 253 Å². The highest BCUT2D eigenvalue weighted by molar-refractivity contribution is 7.66. The number of ether oxygens (including phenoxy) is 2. The van der Waals surface area contributed by atoms with Crippen molar-refractivity contribution in [2.75, 3.05) is 6.61 Å². The van der Waals surface area contributed by atoms with E-state index in [0.717, 1.165) is 0 Å². The summed E-state index contributed by atoms with van der Waals surface area (Å²) in [6.07, 6.45) is 0.958. The summed E-state index contributed by atoms with van der Waals surface area (Å²) in [5.41, 5.74) is -5.40. The fourth-order valence-corrected chi connectivity index (χ4v) is 6.00. The Hall–Kier alpha value is -1.77. The van der Waals surface area contributed by atoms with Gasteiger partial charge in [-0.2, -0.15) is 17.4 Å². The van der Waals surface area contributed by atoms with Gasteiger partial charge in [-0.1, -0.05) is 13.3 Å². The van der Waals surface area contributed by atoms with Crippen LogP contribution in [-0.4, -0.2) is 58.4 Å². The number of aliphatic hydroxyl groups excluding tert-OH is 1. The number of halogens is 2. The number of phosphoric ester groups is 1. The van der Waals surface area contributed by atoms with Crippen LogP contribution in [0.3, 0.4) is 0 Å². The van der Waals surface area contributed by atoms with Gasteiger partial charge in [0.15, 0.2) is 6.10 Å². The molecule has 0 spiro atoms. The maximum atomic E-state index is 15.7. The zero-order valence-electron chi connectivity index (χ0n) is 17.1. The summed E-state index contributed by atoms with van der Waals surface area (Å²) in [5, 5.41) is 10.6. The first kappa shape index (κ1) is 29.5. The quantitative estimate of drug-likeness (QED) is 0.150. The van der Waals surface area contributed by atoms with E-state index in [2.05, 4.69) is 17.9 Å². The van der Waals surface area contributed by atoms with Crippen LogP contribution >= 0.6 is 23.5 Å². The predicted molar refractivity (Wildman–Crippen MR) is 104 cm³/mol. The number of phosphoric acid groups is 3. The van der Waals surface area contributed by atoms with E-state index < -0.39 is 77.3 Å². The van der Waals surface area contributed by atoms with Crippen LogP contribution < -0.4 is 11.2 Å².